The van der Waals surface area contributed by atoms with Gasteiger partial charge in [-0.1, -0.05) is 0 Å². The molecular formula is C13H23N3O. The molecule has 0 radical (unpaired) electrons. The van der Waals surface area contributed by atoms with Crippen molar-refractivity contribution in [2.45, 2.75) is 52.3 Å². The predicted molar refractivity (Wildman–Crippen MR) is 68.0 cm³/mol. The maximum atomic E-state index is 5.58. The third-order valence-electron chi connectivity index (χ3n) is 3.35. The highest BCUT2D eigenvalue weighted by Crippen LogP contribution is 2.13. The smallest absolute Gasteiger partial charge is 0.0700 e. The van der Waals surface area contributed by atoms with Crippen molar-refractivity contribution in [1.29, 1.82) is 0 Å². The van der Waals surface area contributed by atoms with Gasteiger partial charge in [-0.2, -0.15) is 5.10 Å². The summed E-state index contributed by atoms with van der Waals surface area (Å²) in [5.41, 5.74) is 2.55. The van der Waals surface area contributed by atoms with E-state index in [2.05, 4.69) is 35.9 Å². The fraction of sp³-hybridized carbons (Fsp3) is 0.769. The molecule has 0 spiro atoms. The molecule has 0 bridgehead atoms. The van der Waals surface area contributed by atoms with Crippen molar-refractivity contribution in [1.82, 2.24) is 15.1 Å². The lowest BCUT2D eigenvalue weighted by Gasteiger charge is -2.11. The molecule has 0 amide bonds. The molecule has 1 aliphatic heterocycles. The number of hydrogen-bond donors (Lipinski definition) is 1. The third-order valence-corrected chi connectivity index (χ3v) is 3.35. The summed E-state index contributed by atoms with van der Waals surface area (Å²) in [6.45, 7) is 9.21. The van der Waals surface area contributed by atoms with Crippen LogP contribution in [-0.4, -0.2) is 29.0 Å². The van der Waals surface area contributed by atoms with E-state index < -0.39 is 0 Å². The molecule has 96 valence electrons. The van der Waals surface area contributed by atoms with Crippen LogP contribution in [0.1, 0.15) is 44.0 Å². The Balaban J connectivity index is 1.82. The number of aromatic nitrogens is 2. The maximum Gasteiger partial charge on any atom is 0.0700 e. The normalized spacial score (nSPS) is 20.4. The summed E-state index contributed by atoms with van der Waals surface area (Å²) >= 11 is 0. The number of ether oxygens (including phenoxy) is 1. The molecule has 1 aromatic rings. The SMILES string of the molecule is Cc1c(CNC[C@@H]2CCCO2)cnn1C(C)C. The molecular weight excluding hydrogens is 214 g/mol. The van der Waals surface area contributed by atoms with Crippen molar-refractivity contribution in [3.05, 3.63) is 17.5 Å². The number of nitrogens with zero attached hydrogens (tertiary/aromatic N) is 2. The van der Waals surface area contributed by atoms with Crippen LogP contribution in [0, 0.1) is 6.92 Å². The lowest BCUT2D eigenvalue weighted by atomic mass is 10.2. The Kier molecular flexibility index (Phi) is 4.18. The summed E-state index contributed by atoms with van der Waals surface area (Å²) in [5, 5.41) is 7.87. The highest BCUT2D eigenvalue weighted by molar-refractivity contribution is 5.16. The molecule has 1 atom stereocenters. The van der Waals surface area contributed by atoms with E-state index in [4.69, 9.17) is 4.74 Å². The molecule has 2 rings (SSSR count). The van der Waals surface area contributed by atoms with Crippen molar-refractivity contribution in [3.8, 4) is 0 Å². The molecule has 4 nitrogen and oxygen atoms in total. The zero-order valence-corrected chi connectivity index (χ0v) is 11.1. The van der Waals surface area contributed by atoms with Crippen LogP contribution in [0.15, 0.2) is 6.20 Å². The molecule has 0 unspecified atom stereocenters. The van der Waals surface area contributed by atoms with E-state index in [1.165, 1.54) is 24.1 Å². The molecule has 1 fully saturated rings. The van der Waals surface area contributed by atoms with E-state index in [-0.39, 0.29) is 0 Å². The van der Waals surface area contributed by atoms with Crippen molar-refractivity contribution in [2.75, 3.05) is 13.2 Å². The standard InChI is InChI=1S/C13H23N3O/c1-10(2)16-11(3)12(8-15-16)7-14-9-13-5-4-6-17-13/h8,10,13-14H,4-7,9H2,1-3H3/t13-/m0/s1. The zero-order valence-electron chi connectivity index (χ0n) is 11.1. The van der Waals surface area contributed by atoms with Gasteiger partial charge >= 0.3 is 0 Å². The van der Waals surface area contributed by atoms with E-state index in [0.717, 1.165) is 19.7 Å². The lowest BCUT2D eigenvalue weighted by Crippen LogP contribution is -2.26. The number of rotatable bonds is 5. The van der Waals surface area contributed by atoms with Gasteiger partial charge in [-0.3, -0.25) is 4.68 Å². The van der Waals surface area contributed by atoms with E-state index >= 15 is 0 Å². The summed E-state index contributed by atoms with van der Waals surface area (Å²) in [6, 6.07) is 0.432. The first kappa shape index (κ1) is 12.6. The largest absolute Gasteiger partial charge is 0.377 e. The average molecular weight is 237 g/mol. The molecule has 0 saturated carbocycles. The molecule has 17 heavy (non-hydrogen) atoms. The van der Waals surface area contributed by atoms with E-state index in [1.807, 2.05) is 6.20 Å². The second-order valence-electron chi connectivity index (χ2n) is 5.06. The van der Waals surface area contributed by atoms with Crippen molar-refractivity contribution < 1.29 is 4.74 Å². The van der Waals surface area contributed by atoms with Crippen molar-refractivity contribution in [2.24, 2.45) is 0 Å². The molecule has 0 aliphatic carbocycles. The Bertz CT molecular complexity index is 354. The van der Waals surface area contributed by atoms with Gasteiger partial charge in [-0.15, -0.1) is 0 Å². The quantitative estimate of drug-likeness (QED) is 0.852. The van der Waals surface area contributed by atoms with Gasteiger partial charge in [0.1, 0.15) is 0 Å². The summed E-state index contributed by atoms with van der Waals surface area (Å²) in [6.07, 6.45) is 4.78. The van der Waals surface area contributed by atoms with E-state index in [0.29, 0.717) is 12.1 Å². The van der Waals surface area contributed by atoms with Crippen LogP contribution in [0.2, 0.25) is 0 Å². The minimum atomic E-state index is 0.412. The van der Waals surface area contributed by atoms with Crippen LogP contribution < -0.4 is 5.32 Å². The first-order chi connectivity index (χ1) is 8.18. The average Bonchev–Trinajstić information content (AvgIpc) is 2.89. The minimum Gasteiger partial charge on any atom is -0.377 e. The zero-order chi connectivity index (χ0) is 12.3. The Hall–Kier alpha value is -0.870. The molecule has 1 aromatic heterocycles. The minimum absolute atomic E-state index is 0.412. The Labute approximate surface area is 103 Å². The van der Waals surface area contributed by atoms with E-state index in [1.54, 1.807) is 0 Å². The van der Waals surface area contributed by atoms with Gasteiger partial charge in [0, 0.05) is 37.0 Å². The first-order valence-corrected chi connectivity index (χ1v) is 6.53. The summed E-state index contributed by atoms with van der Waals surface area (Å²) in [4.78, 5) is 0. The van der Waals surface area contributed by atoms with Crippen molar-refractivity contribution >= 4 is 0 Å². The Morgan fingerprint density at radius 1 is 1.59 bits per heavy atom. The van der Waals surface area contributed by atoms with Gasteiger partial charge in [0.15, 0.2) is 0 Å². The first-order valence-electron chi connectivity index (χ1n) is 6.53. The van der Waals surface area contributed by atoms with Crippen LogP contribution >= 0.6 is 0 Å². The van der Waals surface area contributed by atoms with Crippen molar-refractivity contribution in [3.63, 3.8) is 0 Å². The summed E-state index contributed by atoms with van der Waals surface area (Å²) in [7, 11) is 0. The van der Waals surface area contributed by atoms with Crippen LogP contribution in [0.5, 0.6) is 0 Å². The fourth-order valence-corrected chi connectivity index (χ4v) is 2.33. The number of hydrogen-bond acceptors (Lipinski definition) is 3. The molecule has 0 aromatic carbocycles. The topological polar surface area (TPSA) is 39.1 Å². The van der Waals surface area contributed by atoms with Gasteiger partial charge in [0.05, 0.1) is 12.3 Å². The Morgan fingerprint density at radius 3 is 3.00 bits per heavy atom. The molecule has 2 heterocycles. The maximum absolute atomic E-state index is 5.58. The fourth-order valence-electron chi connectivity index (χ4n) is 2.33. The molecule has 1 N–H and O–H groups in total. The Morgan fingerprint density at radius 2 is 2.41 bits per heavy atom. The van der Waals surface area contributed by atoms with Gasteiger partial charge in [-0.05, 0) is 33.6 Å². The molecule has 1 aliphatic rings. The van der Waals surface area contributed by atoms with Crippen LogP contribution in [0.3, 0.4) is 0 Å². The predicted octanol–water partition coefficient (Wildman–Crippen LogP) is 2.04. The summed E-state index contributed by atoms with van der Waals surface area (Å²) < 4.78 is 7.65. The molecule has 1 saturated heterocycles. The van der Waals surface area contributed by atoms with Gasteiger partial charge < -0.3 is 10.1 Å². The highest BCUT2D eigenvalue weighted by Gasteiger charge is 2.15. The highest BCUT2D eigenvalue weighted by atomic mass is 16.5. The van der Waals surface area contributed by atoms with Crippen LogP contribution in [-0.2, 0) is 11.3 Å². The van der Waals surface area contributed by atoms with Gasteiger partial charge in [-0.25, -0.2) is 0 Å². The van der Waals surface area contributed by atoms with Gasteiger partial charge in [0.2, 0.25) is 0 Å². The number of nitrogens with one attached hydrogen (secondary N) is 1. The van der Waals surface area contributed by atoms with Crippen LogP contribution in [0.25, 0.3) is 0 Å². The lowest BCUT2D eigenvalue weighted by molar-refractivity contribution is 0.110. The monoisotopic (exact) mass is 237 g/mol. The second-order valence-corrected chi connectivity index (χ2v) is 5.06. The van der Waals surface area contributed by atoms with Gasteiger partial charge in [0.25, 0.3) is 0 Å². The summed E-state index contributed by atoms with van der Waals surface area (Å²) in [5.74, 6) is 0. The van der Waals surface area contributed by atoms with E-state index in [9.17, 15) is 0 Å². The molecule has 4 heteroatoms. The second kappa shape index (κ2) is 5.65. The van der Waals surface area contributed by atoms with Crippen LogP contribution in [0.4, 0.5) is 0 Å². The third kappa shape index (κ3) is 3.07.